The lowest BCUT2D eigenvalue weighted by atomic mass is 10.0. The highest BCUT2D eigenvalue weighted by molar-refractivity contribution is 5.85. The molecule has 0 aromatic carbocycles. The maximum Gasteiger partial charge on any atom is 0.345 e. The van der Waals surface area contributed by atoms with Gasteiger partial charge in [-0.15, -0.1) is 0 Å². The molecular formula is C5H6N2O3. The first-order valence-electron chi connectivity index (χ1n) is 2.64. The summed E-state index contributed by atoms with van der Waals surface area (Å²) in [5, 5.41) is 8.44. The number of ether oxygens (including phenoxy) is 1. The van der Waals surface area contributed by atoms with Crippen molar-refractivity contribution in [2.24, 2.45) is 0 Å². The Balaban J connectivity index is 2.67. The minimum Gasteiger partial charge on any atom is -0.467 e. The van der Waals surface area contributed by atoms with Gasteiger partial charge in [0.2, 0.25) is 0 Å². The SMILES string of the molecule is COC(=O)C1(C#N)CON1. The van der Waals surface area contributed by atoms with Crippen molar-refractivity contribution in [1.29, 1.82) is 5.26 Å². The maximum atomic E-state index is 10.8. The van der Waals surface area contributed by atoms with Gasteiger partial charge >= 0.3 is 5.97 Å². The average Bonchev–Trinajstić information content (AvgIpc) is 1.86. The summed E-state index contributed by atoms with van der Waals surface area (Å²) >= 11 is 0. The summed E-state index contributed by atoms with van der Waals surface area (Å²) in [5.74, 6) is -0.610. The van der Waals surface area contributed by atoms with Crippen LogP contribution in [0.15, 0.2) is 0 Å². The Bertz CT molecular complexity index is 192. The Morgan fingerprint density at radius 2 is 2.60 bits per heavy atom. The molecule has 1 saturated heterocycles. The molecule has 0 spiro atoms. The second-order valence-electron chi connectivity index (χ2n) is 1.90. The second kappa shape index (κ2) is 2.25. The lowest BCUT2D eigenvalue weighted by Gasteiger charge is -2.32. The van der Waals surface area contributed by atoms with E-state index in [2.05, 4.69) is 15.1 Å². The third-order valence-electron chi connectivity index (χ3n) is 1.26. The van der Waals surface area contributed by atoms with Crippen LogP contribution < -0.4 is 5.48 Å². The van der Waals surface area contributed by atoms with Gasteiger partial charge in [-0.25, -0.2) is 4.79 Å². The monoisotopic (exact) mass is 142 g/mol. The predicted molar refractivity (Wildman–Crippen MR) is 29.4 cm³/mol. The molecule has 1 unspecified atom stereocenters. The van der Waals surface area contributed by atoms with Crippen molar-refractivity contribution in [3.8, 4) is 6.07 Å². The number of hydrogen-bond donors (Lipinski definition) is 1. The number of hydrogen-bond acceptors (Lipinski definition) is 5. The quantitative estimate of drug-likeness (QED) is 0.473. The summed E-state index contributed by atoms with van der Waals surface area (Å²) in [4.78, 5) is 15.2. The summed E-state index contributed by atoms with van der Waals surface area (Å²) in [6.45, 7) is 0.0518. The normalized spacial score (nSPS) is 30.0. The molecule has 0 aromatic rings. The first kappa shape index (κ1) is 6.99. The van der Waals surface area contributed by atoms with E-state index in [-0.39, 0.29) is 6.61 Å². The Hall–Kier alpha value is -1.12. The maximum absolute atomic E-state index is 10.8. The molecule has 10 heavy (non-hydrogen) atoms. The third-order valence-corrected chi connectivity index (χ3v) is 1.26. The topological polar surface area (TPSA) is 71.4 Å². The fourth-order valence-electron chi connectivity index (χ4n) is 0.592. The van der Waals surface area contributed by atoms with E-state index in [1.165, 1.54) is 7.11 Å². The van der Waals surface area contributed by atoms with E-state index in [9.17, 15) is 4.79 Å². The molecule has 1 aliphatic rings. The summed E-state index contributed by atoms with van der Waals surface area (Å²) in [7, 11) is 1.22. The number of hydroxylamine groups is 1. The molecule has 1 heterocycles. The first-order chi connectivity index (χ1) is 4.75. The van der Waals surface area contributed by atoms with Gasteiger partial charge in [0.15, 0.2) is 0 Å². The van der Waals surface area contributed by atoms with Gasteiger partial charge in [-0.1, -0.05) is 0 Å². The van der Waals surface area contributed by atoms with E-state index in [4.69, 9.17) is 5.26 Å². The van der Waals surface area contributed by atoms with Crippen LogP contribution in [-0.2, 0) is 14.4 Å². The Morgan fingerprint density at radius 1 is 2.00 bits per heavy atom. The lowest BCUT2D eigenvalue weighted by Crippen LogP contribution is -2.64. The molecule has 1 atom stereocenters. The third kappa shape index (κ3) is 0.744. The molecule has 0 aromatic heterocycles. The van der Waals surface area contributed by atoms with Gasteiger partial charge in [0.1, 0.15) is 12.7 Å². The van der Waals surface area contributed by atoms with Crippen LogP contribution in [0.2, 0.25) is 0 Å². The molecule has 0 saturated carbocycles. The molecule has 5 nitrogen and oxygen atoms in total. The molecule has 0 radical (unpaired) electrons. The molecule has 1 aliphatic heterocycles. The highest BCUT2D eigenvalue weighted by Crippen LogP contribution is 2.13. The molecule has 5 heteroatoms. The smallest absolute Gasteiger partial charge is 0.345 e. The van der Waals surface area contributed by atoms with Gasteiger partial charge in [-0.2, -0.15) is 10.7 Å². The highest BCUT2D eigenvalue weighted by Gasteiger charge is 2.48. The standard InChI is InChI=1S/C5H6N2O3/c1-9-4(8)5(2-6)3-10-7-5/h7H,3H2,1H3. The fourth-order valence-corrected chi connectivity index (χ4v) is 0.592. The molecule has 0 amide bonds. The Morgan fingerprint density at radius 3 is 2.70 bits per heavy atom. The zero-order valence-corrected chi connectivity index (χ0v) is 5.38. The number of nitriles is 1. The van der Waals surface area contributed by atoms with Crippen molar-refractivity contribution < 1.29 is 14.4 Å². The van der Waals surface area contributed by atoms with Gasteiger partial charge < -0.3 is 4.74 Å². The van der Waals surface area contributed by atoms with Crippen LogP contribution in [0.3, 0.4) is 0 Å². The first-order valence-corrected chi connectivity index (χ1v) is 2.64. The number of esters is 1. The number of nitrogens with one attached hydrogen (secondary N) is 1. The highest BCUT2D eigenvalue weighted by atomic mass is 16.7. The molecular weight excluding hydrogens is 136 g/mol. The lowest BCUT2D eigenvalue weighted by molar-refractivity contribution is -0.182. The minimum absolute atomic E-state index is 0.0518. The van der Waals surface area contributed by atoms with Crippen molar-refractivity contribution >= 4 is 5.97 Å². The van der Waals surface area contributed by atoms with Crippen molar-refractivity contribution in [2.75, 3.05) is 13.7 Å². The molecule has 0 aliphatic carbocycles. The van der Waals surface area contributed by atoms with Gasteiger partial charge in [-0.05, 0) is 0 Å². The number of nitrogens with zero attached hydrogens (tertiary/aromatic N) is 1. The van der Waals surface area contributed by atoms with Gasteiger partial charge in [-0.3, -0.25) is 4.84 Å². The van der Waals surface area contributed by atoms with Crippen molar-refractivity contribution in [3.05, 3.63) is 0 Å². The zero-order chi connectivity index (χ0) is 7.61. The van der Waals surface area contributed by atoms with Crippen LogP contribution in [0.5, 0.6) is 0 Å². The largest absolute Gasteiger partial charge is 0.467 e. The second-order valence-corrected chi connectivity index (χ2v) is 1.90. The molecule has 0 bridgehead atoms. The van der Waals surface area contributed by atoms with Crippen LogP contribution in [-0.4, -0.2) is 25.2 Å². The van der Waals surface area contributed by atoms with Crippen LogP contribution in [0.4, 0.5) is 0 Å². The van der Waals surface area contributed by atoms with Gasteiger partial charge in [0.05, 0.1) is 7.11 Å². The zero-order valence-electron chi connectivity index (χ0n) is 5.38. The fraction of sp³-hybridized carbons (Fsp3) is 0.600. The van der Waals surface area contributed by atoms with Crippen molar-refractivity contribution in [3.63, 3.8) is 0 Å². The van der Waals surface area contributed by atoms with Crippen LogP contribution in [0.25, 0.3) is 0 Å². The Labute approximate surface area is 57.5 Å². The number of carbonyl (C=O) groups excluding carboxylic acids is 1. The van der Waals surface area contributed by atoms with Crippen molar-refractivity contribution in [1.82, 2.24) is 5.48 Å². The molecule has 1 fully saturated rings. The molecule has 54 valence electrons. The van der Waals surface area contributed by atoms with Crippen molar-refractivity contribution in [2.45, 2.75) is 5.54 Å². The summed E-state index contributed by atoms with van der Waals surface area (Å²) in [6.07, 6.45) is 0. The van der Waals surface area contributed by atoms with Gasteiger partial charge in [0.25, 0.3) is 5.54 Å². The van der Waals surface area contributed by atoms with Gasteiger partial charge in [0, 0.05) is 0 Å². The number of methoxy groups -OCH3 is 1. The summed E-state index contributed by atoms with van der Waals surface area (Å²) < 4.78 is 4.34. The van der Waals surface area contributed by atoms with E-state index < -0.39 is 11.5 Å². The summed E-state index contributed by atoms with van der Waals surface area (Å²) in [5.41, 5.74) is 0.968. The van der Waals surface area contributed by atoms with E-state index in [0.29, 0.717) is 0 Å². The number of carbonyl (C=O) groups is 1. The summed E-state index contributed by atoms with van der Waals surface area (Å²) in [6, 6.07) is 1.75. The predicted octanol–water partition coefficient (Wildman–Crippen LogP) is -1.04. The van der Waals surface area contributed by atoms with Crippen LogP contribution in [0, 0.1) is 11.3 Å². The Kier molecular flexibility index (Phi) is 1.57. The van der Waals surface area contributed by atoms with E-state index in [0.717, 1.165) is 0 Å². The van der Waals surface area contributed by atoms with E-state index in [1.54, 1.807) is 6.07 Å². The molecule has 1 N–H and O–H groups in total. The van der Waals surface area contributed by atoms with E-state index in [1.807, 2.05) is 0 Å². The van der Waals surface area contributed by atoms with Crippen LogP contribution >= 0.6 is 0 Å². The minimum atomic E-state index is -1.26. The van der Waals surface area contributed by atoms with E-state index >= 15 is 0 Å². The molecule has 1 rings (SSSR count). The average molecular weight is 142 g/mol. The number of rotatable bonds is 1. The van der Waals surface area contributed by atoms with Crippen LogP contribution in [0.1, 0.15) is 0 Å².